The highest BCUT2D eigenvalue weighted by Crippen LogP contribution is 2.39. The molecule has 4 aliphatic heterocycles. The van der Waals surface area contributed by atoms with Gasteiger partial charge in [-0.2, -0.15) is 0 Å². The van der Waals surface area contributed by atoms with Crippen LogP contribution in [0.15, 0.2) is 60.9 Å². The number of nitrogens with two attached hydrogens (primary N) is 1. The lowest BCUT2D eigenvalue weighted by Gasteiger charge is -2.47. The van der Waals surface area contributed by atoms with Gasteiger partial charge in [-0.25, -0.2) is 24.0 Å². The quantitative estimate of drug-likeness (QED) is 0.261. The number of ether oxygens (including phenoxy) is 1. The van der Waals surface area contributed by atoms with E-state index in [0.29, 0.717) is 46.5 Å². The number of likely N-dealkylation sites (tertiary alicyclic amines) is 1. The number of halogens is 1. The van der Waals surface area contributed by atoms with E-state index in [2.05, 4.69) is 21.3 Å². The number of carbonyl (C=O) groups is 1. The van der Waals surface area contributed by atoms with Gasteiger partial charge in [-0.1, -0.05) is 6.07 Å². The molecule has 6 aliphatic rings. The van der Waals surface area contributed by atoms with Crippen molar-refractivity contribution in [1.29, 1.82) is 0 Å². The third kappa shape index (κ3) is 5.13. The van der Waals surface area contributed by atoms with Crippen LogP contribution < -0.4 is 16.0 Å². The summed E-state index contributed by atoms with van der Waals surface area (Å²) in [7, 11) is 0. The molecule has 3 N–H and O–H groups in total. The summed E-state index contributed by atoms with van der Waals surface area (Å²) in [6, 6.07) is 15.5. The Kier molecular flexibility index (Phi) is 6.95. The number of benzene rings is 1. The lowest BCUT2D eigenvalue weighted by molar-refractivity contribution is -0.134. The van der Waals surface area contributed by atoms with Crippen molar-refractivity contribution < 1.29 is 13.9 Å². The van der Waals surface area contributed by atoms with Gasteiger partial charge in [0.1, 0.15) is 17.5 Å². The van der Waals surface area contributed by atoms with Crippen LogP contribution in [-0.4, -0.2) is 90.7 Å². The molecule has 0 spiro atoms. The highest BCUT2D eigenvalue weighted by atomic mass is 19.1. The molecule has 50 heavy (non-hydrogen) atoms. The molecule has 1 amide bonds. The van der Waals surface area contributed by atoms with Crippen molar-refractivity contribution in [3.8, 4) is 22.9 Å². The number of nitrogens with one attached hydrogen (secondary N) is 1. The van der Waals surface area contributed by atoms with E-state index in [9.17, 15) is 4.79 Å². The minimum atomic E-state index is -1.05. The molecular formula is C37H39FN10O2. The van der Waals surface area contributed by atoms with E-state index in [1.54, 1.807) is 10.9 Å². The first-order valence-electron chi connectivity index (χ1n) is 17.8. The molecule has 1 saturated carbocycles. The first kappa shape index (κ1) is 30.0. The molecule has 4 atom stereocenters. The van der Waals surface area contributed by atoms with Gasteiger partial charge in [0.15, 0.2) is 23.1 Å². The maximum absolute atomic E-state index is 15.8. The maximum atomic E-state index is 15.8. The van der Waals surface area contributed by atoms with Gasteiger partial charge in [-0.3, -0.25) is 9.36 Å². The van der Waals surface area contributed by atoms with E-state index in [1.165, 1.54) is 0 Å². The van der Waals surface area contributed by atoms with E-state index in [4.69, 9.17) is 25.5 Å². The van der Waals surface area contributed by atoms with Gasteiger partial charge >= 0.3 is 0 Å². The van der Waals surface area contributed by atoms with Gasteiger partial charge in [0.2, 0.25) is 5.91 Å². The minimum absolute atomic E-state index is 0.171. The molecule has 11 rings (SSSR count). The second-order valence-corrected chi connectivity index (χ2v) is 14.5. The van der Waals surface area contributed by atoms with Crippen LogP contribution in [0.3, 0.4) is 0 Å². The predicted molar refractivity (Wildman–Crippen MR) is 186 cm³/mol. The largest absolute Gasteiger partial charge is 0.383 e. The zero-order valence-corrected chi connectivity index (χ0v) is 27.7. The van der Waals surface area contributed by atoms with Crippen molar-refractivity contribution in [2.24, 2.45) is 5.92 Å². The first-order valence-corrected chi connectivity index (χ1v) is 17.8. The van der Waals surface area contributed by atoms with Crippen LogP contribution >= 0.6 is 0 Å². The molecule has 8 heterocycles. The highest BCUT2D eigenvalue weighted by Gasteiger charge is 2.40. The van der Waals surface area contributed by atoms with Gasteiger partial charge in [-0.05, 0) is 73.2 Å². The standard InChI is InChI=1S/C37H39FN10O2/c38-29-17-22-16-24(5-6-27(22)33(29)41-23-9-13-45(14-10-23)37(49)21-3-4-21)48-35(28-2-1-12-40-34(28)39)42-30-7-8-31(43-36(30)48)47-15-11-32(44-47)46-19-25-18-26(20-46)50-25/h1-2,5-8,11-12,15-16,21,23,25-26,29,33,41H,3-4,9-10,13-14,17-20H2,(H2,39,40)/t25?,26?,29?,33-/m1/s1. The van der Waals surface area contributed by atoms with E-state index < -0.39 is 6.17 Å². The SMILES string of the molecule is Nc1ncccc1-c1nc2ccc(-n3ccc(N4CC5CC(C4)O5)n3)nc2n1-c1ccc2c(c1)CC(F)[C@@H]2NC1CCN(C(=O)C2CC2)CC1. The Bertz CT molecular complexity index is 2100. The van der Waals surface area contributed by atoms with E-state index in [0.717, 1.165) is 80.9 Å². The molecule has 0 radical (unpaired) electrons. The fourth-order valence-corrected chi connectivity index (χ4v) is 8.30. The second kappa shape index (κ2) is 11.6. The maximum Gasteiger partial charge on any atom is 0.225 e. The molecule has 12 nitrogen and oxygen atoms in total. The van der Waals surface area contributed by atoms with Gasteiger partial charge in [0.05, 0.1) is 23.8 Å². The summed E-state index contributed by atoms with van der Waals surface area (Å²) in [6.07, 6.45) is 8.28. The monoisotopic (exact) mass is 674 g/mol. The fraction of sp³-hybridized carbons (Fsp3) is 0.432. The normalized spacial score (nSPS) is 24.8. The number of imidazole rings is 1. The Morgan fingerprint density at radius 2 is 1.80 bits per heavy atom. The number of carbonyl (C=O) groups excluding carboxylic acids is 1. The van der Waals surface area contributed by atoms with Crippen LogP contribution in [0.1, 0.15) is 49.3 Å². The van der Waals surface area contributed by atoms with Crippen LogP contribution in [0.4, 0.5) is 16.0 Å². The first-order chi connectivity index (χ1) is 24.4. The molecular weight excluding hydrogens is 635 g/mol. The van der Waals surface area contributed by atoms with Crippen molar-refractivity contribution in [3.05, 3.63) is 72.1 Å². The summed E-state index contributed by atoms with van der Waals surface area (Å²) in [5.41, 5.74) is 11.2. The molecule has 5 aromatic rings. The van der Waals surface area contributed by atoms with Gasteiger partial charge in [0.25, 0.3) is 0 Å². The molecule has 13 heteroatoms. The summed E-state index contributed by atoms with van der Waals surface area (Å²) in [4.78, 5) is 31.2. The van der Waals surface area contributed by atoms with Crippen LogP contribution in [0, 0.1) is 5.92 Å². The Labute approximate surface area is 288 Å². The topological polar surface area (TPSA) is 132 Å². The summed E-state index contributed by atoms with van der Waals surface area (Å²) < 4.78 is 25.4. The Morgan fingerprint density at radius 3 is 2.58 bits per heavy atom. The molecule has 2 aliphatic carbocycles. The number of aromatic nitrogens is 6. The van der Waals surface area contributed by atoms with Crippen molar-refractivity contribution in [1.82, 2.24) is 39.5 Å². The molecule has 2 bridgehead atoms. The molecule has 4 saturated heterocycles. The van der Waals surface area contributed by atoms with Gasteiger partial charge in [0, 0.05) is 75.1 Å². The predicted octanol–water partition coefficient (Wildman–Crippen LogP) is 4.15. The highest BCUT2D eigenvalue weighted by molar-refractivity contribution is 5.83. The number of nitrogen functional groups attached to an aromatic ring is 1. The van der Waals surface area contributed by atoms with Crippen LogP contribution in [0.25, 0.3) is 34.1 Å². The third-order valence-corrected chi connectivity index (χ3v) is 11.1. The number of anilines is 2. The van der Waals surface area contributed by atoms with E-state index >= 15 is 4.39 Å². The average Bonchev–Trinajstić information content (AvgIpc) is 3.60. The number of amides is 1. The molecule has 3 unspecified atom stereocenters. The Hall–Kier alpha value is -4.88. The fourth-order valence-electron chi connectivity index (χ4n) is 8.30. The van der Waals surface area contributed by atoms with Gasteiger partial charge in [-0.15, -0.1) is 5.10 Å². The number of hydrogen-bond acceptors (Lipinski definition) is 9. The number of rotatable bonds is 7. The third-order valence-electron chi connectivity index (χ3n) is 11.1. The summed E-state index contributed by atoms with van der Waals surface area (Å²) in [6.45, 7) is 3.16. The van der Waals surface area contributed by atoms with E-state index in [-0.39, 0.29) is 30.2 Å². The van der Waals surface area contributed by atoms with Crippen molar-refractivity contribution >= 4 is 28.7 Å². The lowest BCUT2D eigenvalue weighted by atomic mass is 9.99. The lowest BCUT2D eigenvalue weighted by Crippen LogP contribution is -2.57. The second-order valence-electron chi connectivity index (χ2n) is 14.5. The number of morpholine rings is 1. The Balaban J connectivity index is 0.973. The number of alkyl halides is 1. The van der Waals surface area contributed by atoms with Gasteiger partial charge < -0.3 is 25.6 Å². The van der Waals surface area contributed by atoms with Crippen molar-refractivity contribution in [2.45, 2.75) is 69.0 Å². The smallest absolute Gasteiger partial charge is 0.225 e. The summed E-state index contributed by atoms with van der Waals surface area (Å²) >= 11 is 0. The molecule has 5 fully saturated rings. The molecule has 1 aromatic carbocycles. The molecule has 4 aromatic heterocycles. The minimum Gasteiger partial charge on any atom is -0.383 e. The number of pyridine rings is 2. The van der Waals surface area contributed by atoms with Crippen LogP contribution in [0.2, 0.25) is 0 Å². The number of fused-ring (bicyclic) bond motifs is 4. The zero-order valence-electron chi connectivity index (χ0n) is 27.7. The number of piperidine rings is 2. The van der Waals surface area contributed by atoms with Crippen molar-refractivity contribution in [2.75, 3.05) is 36.8 Å². The van der Waals surface area contributed by atoms with E-state index in [1.807, 2.05) is 58.1 Å². The van der Waals surface area contributed by atoms with Crippen LogP contribution in [0.5, 0.6) is 0 Å². The zero-order chi connectivity index (χ0) is 33.5. The number of hydrogen-bond donors (Lipinski definition) is 2. The summed E-state index contributed by atoms with van der Waals surface area (Å²) in [5.74, 6) is 3.07. The number of nitrogens with zero attached hydrogens (tertiary/aromatic N) is 8. The van der Waals surface area contributed by atoms with Crippen LogP contribution in [-0.2, 0) is 16.0 Å². The average molecular weight is 675 g/mol. The molecule has 256 valence electrons. The van der Waals surface area contributed by atoms with Crippen molar-refractivity contribution in [3.63, 3.8) is 0 Å². The summed E-state index contributed by atoms with van der Waals surface area (Å²) in [5, 5.41) is 8.50. The Morgan fingerprint density at radius 1 is 0.980 bits per heavy atom.